The molecule has 0 atom stereocenters. The summed E-state index contributed by atoms with van der Waals surface area (Å²) in [7, 11) is 0. The van der Waals surface area contributed by atoms with Crippen molar-refractivity contribution in [3.05, 3.63) is 52.6 Å². The van der Waals surface area contributed by atoms with Gasteiger partial charge in [-0.05, 0) is 24.1 Å². The molecule has 10 heteroatoms. The number of nitrogens with two attached hydrogens (primary N) is 2. The smallest absolute Gasteiger partial charge is 0.291 e. The molecule has 10 nitrogen and oxygen atoms in total. The fourth-order valence-electron chi connectivity index (χ4n) is 1.48. The summed E-state index contributed by atoms with van der Waals surface area (Å²) in [5.41, 5.74) is 12.6. The van der Waals surface area contributed by atoms with Crippen LogP contribution in [0.1, 0.15) is 5.56 Å². The summed E-state index contributed by atoms with van der Waals surface area (Å²) in [6.45, 7) is 0.807. The van der Waals surface area contributed by atoms with Crippen LogP contribution in [0, 0.1) is 10.1 Å². The van der Waals surface area contributed by atoms with Gasteiger partial charge < -0.3 is 16.7 Å². The maximum Gasteiger partial charge on any atom is 0.291 e. The van der Waals surface area contributed by atoms with E-state index in [1.165, 1.54) is 11.9 Å². The Bertz CT molecular complexity index is 572. The molecule has 1 aromatic heterocycles. The largest absolute Gasteiger partial charge is 0.370 e. The van der Waals surface area contributed by atoms with E-state index in [4.69, 9.17) is 26.8 Å². The van der Waals surface area contributed by atoms with Gasteiger partial charge in [-0.25, -0.2) is 9.98 Å². The van der Waals surface area contributed by atoms with Crippen molar-refractivity contribution in [2.24, 2.45) is 16.5 Å². The maximum atomic E-state index is 8.36. The summed E-state index contributed by atoms with van der Waals surface area (Å²) in [4.78, 5) is 16.2. The Balaban J connectivity index is 0.000000491. The van der Waals surface area contributed by atoms with Crippen molar-refractivity contribution in [2.75, 3.05) is 0 Å². The summed E-state index contributed by atoms with van der Waals surface area (Å²) in [6.07, 6.45) is 4.13. The summed E-state index contributed by atoms with van der Waals surface area (Å²) in [5, 5.41) is 17.7. The van der Waals surface area contributed by atoms with E-state index in [0.717, 1.165) is 18.7 Å². The van der Waals surface area contributed by atoms with Crippen LogP contribution in [0.5, 0.6) is 0 Å². The van der Waals surface area contributed by atoms with Crippen molar-refractivity contribution >= 4 is 11.6 Å². The van der Waals surface area contributed by atoms with E-state index in [1.807, 2.05) is 24.3 Å². The highest BCUT2D eigenvalue weighted by Gasteiger charge is 1.96. The molecule has 5 N–H and O–H groups in total. The van der Waals surface area contributed by atoms with Gasteiger partial charge in [-0.15, -0.1) is 10.1 Å². The SMILES string of the molecule is NC(N)=Nc1ccc(CCn2cncn2)cc1.O=[N+]([O-])O. The molecule has 0 spiro atoms. The molecule has 0 fully saturated rings. The molecule has 0 aliphatic rings. The minimum Gasteiger partial charge on any atom is -0.370 e. The third-order valence-corrected chi connectivity index (χ3v) is 2.29. The Hall–Kier alpha value is -3.17. The lowest BCUT2D eigenvalue weighted by atomic mass is 10.1. The molecule has 0 unspecified atom stereocenters. The number of nitrogens with zero attached hydrogens (tertiary/aromatic N) is 5. The molecule has 0 bridgehead atoms. The predicted octanol–water partition coefficient (Wildman–Crippen LogP) is 0.0780. The Morgan fingerprint density at radius 3 is 2.48 bits per heavy atom. The topological polar surface area (TPSA) is 158 Å². The monoisotopic (exact) mass is 293 g/mol. The van der Waals surface area contributed by atoms with Crippen molar-refractivity contribution in [3.63, 3.8) is 0 Å². The van der Waals surface area contributed by atoms with E-state index in [0.29, 0.717) is 0 Å². The molecule has 21 heavy (non-hydrogen) atoms. The van der Waals surface area contributed by atoms with Gasteiger partial charge in [-0.3, -0.25) is 4.68 Å². The minimum atomic E-state index is -1.50. The van der Waals surface area contributed by atoms with Gasteiger partial charge in [0, 0.05) is 6.54 Å². The van der Waals surface area contributed by atoms with E-state index in [2.05, 4.69) is 15.1 Å². The molecule has 0 aliphatic heterocycles. The second-order valence-corrected chi connectivity index (χ2v) is 3.85. The molecule has 2 aromatic rings. The number of aryl methyl sites for hydroxylation is 2. The normalized spacial score (nSPS) is 9.33. The summed E-state index contributed by atoms with van der Waals surface area (Å²) >= 11 is 0. The van der Waals surface area contributed by atoms with Crippen LogP contribution in [0.15, 0.2) is 41.9 Å². The zero-order valence-electron chi connectivity index (χ0n) is 11.0. The summed E-state index contributed by atoms with van der Waals surface area (Å²) in [6, 6.07) is 7.77. The zero-order valence-corrected chi connectivity index (χ0v) is 11.0. The number of aliphatic imine (C=N–C) groups is 1. The van der Waals surface area contributed by atoms with Crippen molar-refractivity contribution in [1.29, 1.82) is 0 Å². The number of hydrogen-bond acceptors (Lipinski definition) is 5. The molecule has 2 rings (SSSR count). The van der Waals surface area contributed by atoms with Crippen LogP contribution in [0.3, 0.4) is 0 Å². The van der Waals surface area contributed by atoms with Gasteiger partial charge in [0.15, 0.2) is 5.96 Å². The molecule has 1 heterocycles. The average Bonchev–Trinajstić information content (AvgIpc) is 2.90. The fraction of sp³-hybridized carbons (Fsp3) is 0.182. The van der Waals surface area contributed by atoms with Gasteiger partial charge in [0.1, 0.15) is 12.7 Å². The van der Waals surface area contributed by atoms with Crippen LogP contribution in [-0.4, -0.2) is 31.0 Å². The quantitative estimate of drug-likeness (QED) is 0.311. The lowest BCUT2D eigenvalue weighted by Gasteiger charge is -2.02. The van der Waals surface area contributed by atoms with Crippen LogP contribution in [0.2, 0.25) is 0 Å². The standard InChI is InChI=1S/C11H14N6.HNO3/c12-11(13)16-10-3-1-9(2-4-10)5-6-17-8-14-7-15-17;2-1(3)4/h1-4,7-8H,5-6H2,(H4,12,13,16);(H,2,3,4). The molecule has 0 amide bonds. The zero-order chi connectivity index (χ0) is 15.7. The second-order valence-electron chi connectivity index (χ2n) is 3.85. The second kappa shape index (κ2) is 8.09. The molecule has 0 saturated heterocycles. The van der Waals surface area contributed by atoms with E-state index in [-0.39, 0.29) is 5.96 Å². The first-order valence-electron chi connectivity index (χ1n) is 5.81. The van der Waals surface area contributed by atoms with Gasteiger partial charge in [0.05, 0.1) is 5.69 Å². The van der Waals surface area contributed by atoms with E-state index >= 15 is 0 Å². The molecule has 1 aromatic carbocycles. The highest BCUT2D eigenvalue weighted by atomic mass is 16.9. The van der Waals surface area contributed by atoms with Gasteiger partial charge in [-0.2, -0.15) is 5.10 Å². The van der Waals surface area contributed by atoms with Gasteiger partial charge in [0.25, 0.3) is 5.09 Å². The van der Waals surface area contributed by atoms with Gasteiger partial charge in [0.2, 0.25) is 0 Å². The molecule has 0 aliphatic carbocycles. The van der Waals surface area contributed by atoms with Crippen LogP contribution in [0.25, 0.3) is 0 Å². The van der Waals surface area contributed by atoms with Crippen molar-refractivity contribution in [1.82, 2.24) is 14.8 Å². The predicted molar refractivity (Wildman–Crippen MR) is 74.4 cm³/mol. The van der Waals surface area contributed by atoms with E-state index < -0.39 is 5.09 Å². The molecule has 0 radical (unpaired) electrons. The Kier molecular flexibility index (Phi) is 6.12. The highest BCUT2D eigenvalue weighted by molar-refractivity contribution is 5.78. The lowest BCUT2D eigenvalue weighted by molar-refractivity contribution is -0.742. The number of guanidine groups is 1. The molecule has 0 saturated carbocycles. The maximum absolute atomic E-state index is 8.36. The van der Waals surface area contributed by atoms with Crippen LogP contribution < -0.4 is 11.5 Å². The van der Waals surface area contributed by atoms with E-state index in [9.17, 15) is 0 Å². The van der Waals surface area contributed by atoms with E-state index in [1.54, 1.807) is 11.0 Å². The number of benzene rings is 1. The first-order chi connectivity index (χ1) is 9.97. The fourth-order valence-corrected chi connectivity index (χ4v) is 1.48. The number of hydrogen-bond donors (Lipinski definition) is 3. The lowest BCUT2D eigenvalue weighted by Crippen LogP contribution is -2.21. The van der Waals surface area contributed by atoms with Crippen molar-refractivity contribution in [3.8, 4) is 0 Å². The Morgan fingerprint density at radius 1 is 1.38 bits per heavy atom. The van der Waals surface area contributed by atoms with Crippen LogP contribution >= 0.6 is 0 Å². The molecular formula is C11H15N7O3. The average molecular weight is 293 g/mol. The summed E-state index contributed by atoms with van der Waals surface area (Å²) in [5.74, 6) is 0.0698. The number of aromatic nitrogens is 3. The minimum absolute atomic E-state index is 0.0698. The Labute approximate surface area is 119 Å². The third-order valence-electron chi connectivity index (χ3n) is 2.29. The Morgan fingerprint density at radius 2 is 2.00 bits per heavy atom. The first-order valence-corrected chi connectivity index (χ1v) is 5.81. The molecular weight excluding hydrogens is 278 g/mol. The highest BCUT2D eigenvalue weighted by Crippen LogP contribution is 2.13. The van der Waals surface area contributed by atoms with Gasteiger partial charge in [-0.1, -0.05) is 12.1 Å². The van der Waals surface area contributed by atoms with Crippen LogP contribution in [0.4, 0.5) is 5.69 Å². The summed E-state index contributed by atoms with van der Waals surface area (Å²) < 4.78 is 1.80. The number of rotatable bonds is 4. The van der Waals surface area contributed by atoms with Crippen molar-refractivity contribution < 1.29 is 10.3 Å². The van der Waals surface area contributed by atoms with Gasteiger partial charge >= 0.3 is 0 Å². The third kappa shape index (κ3) is 7.10. The first kappa shape index (κ1) is 15.9. The van der Waals surface area contributed by atoms with Crippen LogP contribution in [-0.2, 0) is 13.0 Å². The molecule has 112 valence electrons. The van der Waals surface area contributed by atoms with Crippen molar-refractivity contribution in [2.45, 2.75) is 13.0 Å².